The second kappa shape index (κ2) is 9.71. The summed E-state index contributed by atoms with van der Waals surface area (Å²) < 4.78 is 15.4. The minimum absolute atomic E-state index is 0.175. The maximum absolute atomic E-state index is 11.9. The molecule has 27 heavy (non-hydrogen) atoms. The highest BCUT2D eigenvalue weighted by Crippen LogP contribution is 2.23. The lowest BCUT2D eigenvalue weighted by Crippen LogP contribution is -2.28. The molecule has 6 nitrogen and oxygen atoms in total. The van der Waals surface area contributed by atoms with Crippen molar-refractivity contribution in [3.63, 3.8) is 0 Å². The van der Waals surface area contributed by atoms with Crippen LogP contribution < -0.4 is 4.74 Å². The second-order valence-corrected chi connectivity index (χ2v) is 6.16. The molecule has 1 unspecified atom stereocenters. The van der Waals surface area contributed by atoms with E-state index in [4.69, 9.17) is 14.2 Å². The van der Waals surface area contributed by atoms with Crippen molar-refractivity contribution in [1.29, 1.82) is 0 Å². The van der Waals surface area contributed by atoms with Crippen molar-refractivity contribution in [3.05, 3.63) is 59.4 Å². The van der Waals surface area contributed by atoms with E-state index in [1.807, 2.05) is 43.5 Å². The third kappa shape index (κ3) is 5.54. The quantitative estimate of drug-likeness (QED) is 0.524. The second-order valence-electron chi connectivity index (χ2n) is 6.16. The van der Waals surface area contributed by atoms with E-state index < -0.39 is 17.9 Å². The Morgan fingerprint density at radius 2 is 1.74 bits per heavy atom. The van der Waals surface area contributed by atoms with Gasteiger partial charge in [-0.15, -0.1) is 0 Å². The summed E-state index contributed by atoms with van der Waals surface area (Å²) in [6.45, 7) is 4.00. The lowest BCUT2D eigenvalue weighted by atomic mass is 9.99. The maximum atomic E-state index is 11.9. The van der Waals surface area contributed by atoms with Crippen LogP contribution in [0.15, 0.2) is 42.6 Å². The number of ether oxygens (including phenoxy) is 3. The van der Waals surface area contributed by atoms with E-state index in [-0.39, 0.29) is 12.5 Å². The Morgan fingerprint density at radius 3 is 2.30 bits per heavy atom. The number of rotatable bonds is 8. The summed E-state index contributed by atoms with van der Waals surface area (Å²) in [6.07, 6.45) is 2.73. The van der Waals surface area contributed by atoms with E-state index >= 15 is 0 Å². The molecule has 2 aromatic rings. The predicted octanol–water partition coefficient (Wildman–Crippen LogP) is 3.29. The third-order valence-corrected chi connectivity index (χ3v) is 4.29. The van der Waals surface area contributed by atoms with Crippen molar-refractivity contribution >= 4 is 11.9 Å². The summed E-state index contributed by atoms with van der Waals surface area (Å²) in [7, 11) is 2.49. The molecule has 0 aliphatic heterocycles. The van der Waals surface area contributed by atoms with Crippen molar-refractivity contribution in [2.45, 2.75) is 32.8 Å². The van der Waals surface area contributed by atoms with Crippen LogP contribution in [0.1, 0.15) is 36.8 Å². The van der Waals surface area contributed by atoms with Gasteiger partial charge in [0.1, 0.15) is 11.9 Å². The highest BCUT2D eigenvalue weighted by molar-refractivity contribution is 5.95. The topological polar surface area (TPSA) is 74.7 Å². The van der Waals surface area contributed by atoms with Crippen LogP contribution in [0, 0.1) is 5.92 Å². The lowest BCUT2D eigenvalue weighted by Gasteiger charge is -2.16. The molecule has 0 radical (unpaired) electrons. The Hall–Kier alpha value is -2.89. The molecule has 0 fully saturated rings. The first-order valence-corrected chi connectivity index (χ1v) is 8.84. The number of aryl methyl sites for hydroxylation is 1. The molecule has 1 heterocycles. The molecule has 0 aliphatic rings. The molecule has 0 aliphatic carbocycles. The molecule has 0 saturated heterocycles. The van der Waals surface area contributed by atoms with Crippen molar-refractivity contribution in [1.82, 2.24) is 4.98 Å². The standard InChI is InChI=1S/C21H25NO5/c1-5-15-9-10-19(22-13-15)14(2)27-17-8-6-7-16(11-17)12-18(20(23)25-3)21(24)26-4/h6-11,13-14,18H,5,12H2,1-4H3. The average molecular weight is 371 g/mol. The number of pyridine rings is 1. The van der Waals surface area contributed by atoms with E-state index in [2.05, 4.69) is 11.9 Å². The van der Waals surface area contributed by atoms with Gasteiger partial charge in [-0.2, -0.15) is 0 Å². The number of nitrogens with zero attached hydrogens (tertiary/aromatic N) is 1. The molecule has 0 bridgehead atoms. The number of benzene rings is 1. The van der Waals surface area contributed by atoms with Gasteiger partial charge in [-0.05, 0) is 49.1 Å². The number of hydrogen-bond acceptors (Lipinski definition) is 6. The molecule has 2 rings (SSSR count). The van der Waals surface area contributed by atoms with Crippen LogP contribution in [-0.4, -0.2) is 31.1 Å². The zero-order chi connectivity index (χ0) is 19.8. The Morgan fingerprint density at radius 1 is 1.04 bits per heavy atom. The zero-order valence-electron chi connectivity index (χ0n) is 16.1. The van der Waals surface area contributed by atoms with Crippen LogP contribution in [-0.2, 0) is 31.9 Å². The summed E-state index contributed by atoms with van der Waals surface area (Å²) in [6, 6.07) is 11.3. The van der Waals surface area contributed by atoms with Gasteiger partial charge in [-0.1, -0.05) is 25.1 Å². The minimum atomic E-state index is -1.00. The number of aromatic nitrogens is 1. The number of methoxy groups -OCH3 is 2. The lowest BCUT2D eigenvalue weighted by molar-refractivity contribution is -0.158. The minimum Gasteiger partial charge on any atom is -0.484 e. The van der Waals surface area contributed by atoms with Crippen LogP contribution in [0.25, 0.3) is 0 Å². The Labute approximate surface area is 159 Å². The monoisotopic (exact) mass is 371 g/mol. The first kappa shape index (κ1) is 20.4. The molecule has 1 aromatic carbocycles. The van der Waals surface area contributed by atoms with Crippen LogP contribution >= 0.6 is 0 Å². The predicted molar refractivity (Wildman–Crippen MR) is 100 cm³/mol. The van der Waals surface area contributed by atoms with Crippen LogP contribution in [0.5, 0.6) is 5.75 Å². The highest BCUT2D eigenvalue weighted by Gasteiger charge is 2.29. The van der Waals surface area contributed by atoms with Gasteiger partial charge in [0.15, 0.2) is 5.92 Å². The van der Waals surface area contributed by atoms with Gasteiger partial charge < -0.3 is 14.2 Å². The van der Waals surface area contributed by atoms with E-state index in [1.165, 1.54) is 19.8 Å². The van der Waals surface area contributed by atoms with Crippen LogP contribution in [0.4, 0.5) is 0 Å². The Bertz CT molecular complexity index is 756. The van der Waals surface area contributed by atoms with Crippen molar-refractivity contribution in [3.8, 4) is 5.75 Å². The summed E-state index contributed by atoms with van der Waals surface area (Å²) in [4.78, 5) is 28.1. The van der Waals surface area contributed by atoms with Gasteiger partial charge in [0.2, 0.25) is 0 Å². The van der Waals surface area contributed by atoms with Gasteiger partial charge in [-0.3, -0.25) is 14.6 Å². The van der Waals surface area contributed by atoms with Gasteiger partial charge >= 0.3 is 11.9 Å². The first-order valence-electron chi connectivity index (χ1n) is 8.84. The summed E-state index contributed by atoms with van der Waals surface area (Å²) in [5.41, 5.74) is 2.78. The van der Waals surface area contributed by atoms with E-state index in [0.717, 1.165) is 17.7 Å². The molecule has 0 saturated carbocycles. The molecule has 1 atom stereocenters. The molecule has 144 valence electrons. The smallest absolute Gasteiger partial charge is 0.320 e. The molecule has 1 aromatic heterocycles. The van der Waals surface area contributed by atoms with Crippen molar-refractivity contribution in [2.75, 3.05) is 14.2 Å². The van der Waals surface area contributed by atoms with Crippen LogP contribution in [0.3, 0.4) is 0 Å². The molecule has 0 amide bonds. The molecular formula is C21H25NO5. The number of esters is 2. The summed E-state index contributed by atoms with van der Waals surface area (Å²) >= 11 is 0. The van der Waals surface area contributed by atoms with Gasteiger partial charge in [-0.25, -0.2) is 0 Å². The fourth-order valence-corrected chi connectivity index (χ4v) is 2.68. The van der Waals surface area contributed by atoms with E-state index in [0.29, 0.717) is 5.75 Å². The summed E-state index contributed by atoms with van der Waals surface area (Å²) in [5.74, 6) is -1.62. The fraction of sp³-hybridized carbons (Fsp3) is 0.381. The highest BCUT2D eigenvalue weighted by atomic mass is 16.5. The van der Waals surface area contributed by atoms with E-state index in [9.17, 15) is 9.59 Å². The summed E-state index contributed by atoms with van der Waals surface area (Å²) in [5, 5.41) is 0. The molecule has 0 spiro atoms. The maximum Gasteiger partial charge on any atom is 0.320 e. The van der Waals surface area contributed by atoms with Crippen molar-refractivity contribution in [2.24, 2.45) is 5.92 Å². The average Bonchev–Trinajstić information content (AvgIpc) is 2.71. The zero-order valence-corrected chi connectivity index (χ0v) is 16.1. The number of carbonyl (C=O) groups excluding carboxylic acids is 2. The van der Waals surface area contributed by atoms with Crippen LogP contribution in [0.2, 0.25) is 0 Å². The van der Waals surface area contributed by atoms with Gasteiger partial charge in [0.25, 0.3) is 0 Å². The normalized spacial score (nSPS) is 11.7. The van der Waals surface area contributed by atoms with E-state index in [1.54, 1.807) is 6.07 Å². The molecular weight excluding hydrogens is 346 g/mol. The largest absolute Gasteiger partial charge is 0.484 e. The molecule has 6 heteroatoms. The Kier molecular flexibility index (Phi) is 7.34. The Balaban J connectivity index is 2.11. The van der Waals surface area contributed by atoms with Gasteiger partial charge in [0, 0.05) is 6.20 Å². The van der Waals surface area contributed by atoms with Gasteiger partial charge in [0.05, 0.1) is 19.9 Å². The third-order valence-electron chi connectivity index (χ3n) is 4.29. The number of hydrogen-bond donors (Lipinski definition) is 0. The first-order chi connectivity index (χ1) is 13.0. The fourth-order valence-electron chi connectivity index (χ4n) is 2.68. The van der Waals surface area contributed by atoms with Crippen molar-refractivity contribution < 1.29 is 23.8 Å². The molecule has 0 N–H and O–H groups in total. The number of carbonyl (C=O) groups is 2. The SMILES string of the molecule is CCc1ccc(C(C)Oc2cccc(CC(C(=O)OC)C(=O)OC)c2)nc1.